The summed E-state index contributed by atoms with van der Waals surface area (Å²) in [5, 5.41) is 11.8. The quantitative estimate of drug-likeness (QED) is 0.806. The van der Waals surface area contributed by atoms with E-state index in [2.05, 4.69) is 5.32 Å². The zero-order chi connectivity index (χ0) is 14.4. The molecule has 1 aliphatic rings. The van der Waals surface area contributed by atoms with Gasteiger partial charge < -0.3 is 15.2 Å². The van der Waals surface area contributed by atoms with Crippen LogP contribution in [0.1, 0.15) is 46.5 Å². The summed E-state index contributed by atoms with van der Waals surface area (Å²) in [5.74, 6) is -0.235. The number of carbonyl (C=O) groups excluding carboxylic acids is 1. The summed E-state index contributed by atoms with van der Waals surface area (Å²) in [6.45, 7) is 6.36. The van der Waals surface area contributed by atoms with Gasteiger partial charge in [0.15, 0.2) is 0 Å². The smallest absolute Gasteiger partial charge is 0.407 e. The molecule has 1 amide bonds. The first kappa shape index (κ1) is 15.8. The van der Waals surface area contributed by atoms with Gasteiger partial charge in [0, 0.05) is 6.04 Å². The summed E-state index contributed by atoms with van der Waals surface area (Å²) in [6, 6.07) is 0.0365. The molecule has 5 heteroatoms. The number of hydrogen-bond acceptors (Lipinski definition) is 3. The van der Waals surface area contributed by atoms with E-state index in [1.54, 1.807) is 0 Å². The Balaban J connectivity index is 2.29. The van der Waals surface area contributed by atoms with Gasteiger partial charge in [0.05, 0.1) is 12.5 Å². The van der Waals surface area contributed by atoms with Crippen LogP contribution in [0.25, 0.3) is 0 Å². The first-order valence-corrected chi connectivity index (χ1v) is 7.06. The number of nitrogens with one attached hydrogen (secondary N) is 1. The van der Waals surface area contributed by atoms with Gasteiger partial charge in [0.25, 0.3) is 0 Å². The van der Waals surface area contributed by atoms with E-state index in [9.17, 15) is 9.59 Å². The fourth-order valence-corrected chi connectivity index (χ4v) is 2.45. The van der Waals surface area contributed by atoms with E-state index >= 15 is 0 Å². The maximum atomic E-state index is 11.5. The average Bonchev–Trinajstić information content (AvgIpc) is 2.36. The van der Waals surface area contributed by atoms with Crippen LogP contribution in [0.4, 0.5) is 4.79 Å². The van der Waals surface area contributed by atoms with E-state index in [0.29, 0.717) is 31.3 Å². The second-order valence-corrected chi connectivity index (χ2v) is 5.88. The van der Waals surface area contributed by atoms with Crippen LogP contribution in [-0.2, 0) is 9.53 Å². The Morgan fingerprint density at radius 1 is 1.21 bits per heavy atom. The van der Waals surface area contributed by atoms with Crippen molar-refractivity contribution >= 4 is 12.1 Å². The van der Waals surface area contributed by atoms with Crippen LogP contribution in [0.5, 0.6) is 0 Å². The number of carboxylic acid groups (broad SMARTS) is 1. The van der Waals surface area contributed by atoms with E-state index in [1.807, 2.05) is 20.8 Å². The molecule has 2 N–H and O–H groups in total. The third kappa shape index (κ3) is 5.49. The number of aliphatic carboxylic acids is 1. The van der Waals surface area contributed by atoms with Crippen LogP contribution >= 0.6 is 0 Å². The van der Waals surface area contributed by atoms with Crippen molar-refractivity contribution in [1.29, 1.82) is 0 Å². The number of hydrogen-bond donors (Lipinski definition) is 2. The lowest BCUT2D eigenvalue weighted by atomic mass is 9.79. The van der Waals surface area contributed by atoms with Crippen molar-refractivity contribution in [2.24, 2.45) is 17.8 Å². The van der Waals surface area contributed by atoms with Crippen LogP contribution in [0.15, 0.2) is 0 Å². The van der Waals surface area contributed by atoms with Gasteiger partial charge in [0.2, 0.25) is 0 Å². The molecule has 1 aliphatic carbocycles. The molecule has 5 nitrogen and oxygen atoms in total. The van der Waals surface area contributed by atoms with E-state index in [0.717, 1.165) is 12.8 Å². The number of carbonyl (C=O) groups is 2. The minimum atomic E-state index is -0.699. The molecule has 1 saturated carbocycles. The lowest BCUT2D eigenvalue weighted by Crippen LogP contribution is -2.40. The Morgan fingerprint density at radius 2 is 1.79 bits per heavy atom. The molecule has 110 valence electrons. The third-order valence-corrected chi connectivity index (χ3v) is 3.72. The van der Waals surface area contributed by atoms with Crippen molar-refractivity contribution in [3.8, 4) is 0 Å². The van der Waals surface area contributed by atoms with E-state index in [1.165, 1.54) is 0 Å². The lowest BCUT2D eigenvalue weighted by Gasteiger charge is -2.30. The Labute approximate surface area is 114 Å². The predicted molar refractivity (Wildman–Crippen MR) is 71.9 cm³/mol. The summed E-state index contributed by atoms with van der Waals surface area (Å²) in [7, 11) is 0. The zero-order valence-corrected chi connectivity index (χ0v) is 12.0. The monoisotopic (exact) mass is 271 g/mol. The molecular formula is C14H25NO4. The second kappa shape index (κ2) is 7.36. The molecule has 0 spiro atoms. The van der Waals surface area contributed by atoms with E-state index in [-0.39, 0.29) is 18.1 Å². The molecule has 19 heavy (non-hydrogen) atoms. The number of rotatable bonds is 5. The van der Waals surface area contributed by atoms with Crippen molar-refractivity contribution in [3.05, 3.63) is 0 Å². The van der Waals surface area contributed by atoms with Crippen LogP contribution < -0.4 is 5.32 Å². The van der Waals surface area contributed by atoms with Gasteiger partial charge in [-0.25, -0.2) is 4.79 Å². The highest BCUT2D eigenvalue weighted by molar-refractivity contribution is 5.70. The van der Waals surface area contributed by atoms with E-state index < -0.39 is 5.97 Å². The van der Waals surface area contributed by atoms with Gasteiger partial charge in [0.1, 0.15) is 0 Å². The van der Waals surface area contributed by atoms with Crippen molar-refractivity contribution in [2.45, 2.75) is 52.5 Å². The Hall–Kier alpha value is -1.26. The summed E-state index contributed by atoms with van der Waals surface area (Å²) in [4.78, 5) is 22.4. The molecule has 0 unspecified atom stereocenters. The van der Waals surface area contributed by atoms with Crippen molar-refractivity contribution < 1.29 is 19.4 Å². The maximum absolute atomic E-state index is 11.5. The zero-order valence-electron chi connectivity index (χ0n) is 12.0. The number of carboxylic acids is 1. The summed E-state index contributed by atoms with van der Waals surface area (Å²) in [5.41, 5.74) is 0. The summed E-state index contributed by atoms with van der Waals surface area (Å²) < 4.78 is 5.08. The molecule has 1 rings (SSSR count). The van der Waals surface area contributed by atoms with Crippen molar-refractivity contribution in [3.63, 3.8) is 0 Å². The minimum absolute atomic E-state index is 0.0365. The highest BCUT2D eigenvalue weighted by Crippen LogP contribution is 2.30. The largest absolute Gasteiger partial charge is 0.481 e. The van der Waals surface area contributed by atoms with Gasteiger partial charge >= 0.3 is 12.1 Å². The topological polar surface area (TPSA) is 75.6 Å². The van der Waals surface area contributed by atoms with Gasteiger partial charge in [-0.2, -0.15) is 0 Å². The van der Waals surface area contributed by atoms with Crippen LogP contribution in [0, 0.1) is 17.8 Å². The Kier molecular flexibility index (Phi) is 6.12. The molecule has 0 aliphatic heterocycles. The summed E-state index contributed by atoms with van der Waals surface area (Å²) in [6.07, 6.45) is 2.73. The first-order valence-electron chi connectivity index (χ1n) is 7.06. The molecule has 0 saturated heterocycles. The van der Waals surface area contributed by atoms with Gasteiger partial charge in [-0.1, -0.05) is 13.8 Å². The molecule has 0 aromatic carbocycles. The van der Waals surface area contributed by atoms with E-state index in [4.69, 9.17) is 9.84 Å². The van der Waals surface area contributed by atoms with Gasteiger partial charge in [-0.05, 0) is 44.4 Å². The highest BCUT2D eigenvalue weighted by Gasteiger charge is 2.29. The fraction of sp³-hybridized carbons (Fsp3) is 0.857. The molecule has 0 radical (unpaired) electrons. The van der Waals surface area contributed by atoms with Crippen molar-refractivity contribution in [2.75, 3.05) is 6.61 Å². The minimum Gasteiger partial charge on any atom is -0.481 e. The second-order valence-electron chi connectivity index (χ2n) is 5.88. The predicted octanol–water partition coefficient (Wildman–Crippen LogP) is 2.65. The van der Waals surface area contributed by atoms with Crippen molar-refractivity contribution in [1.82, 2.24) is 5.32 Å². The molecule has 1 atom stereocenters. The standard InChI is InChI=1S/C14H25NO4/c1-9(2)8-19-14(18)15-10(3)11-4-6-12(7-5-11)13(16)17/h9-12H,4-8H2,1-3H3,(H,15,18)(H,16,17)/t10-,11?,12?/m0/s1. The number of ether oxygens (including phenoxy) is 1. The molecule has 0 aromatic heterocycles. The van der Waals surface area contributed by atoms with Crippen LogP contribution in [0.3, 0.4) is 0 Å². The highest BCUT2D eigenvalue weighted by atomic mass is 16.5. The number of amides is 1. The average molecular weight is 271 g/mol. The van der Waals surface area contributed by atoms with Crippen LogP contribution in [0.2, 0.25) is 0 Å². The molecule has 0 aromatic rings. The Bertz CT molecular complexity index is 309. The first-order chi connectivity index (χ1) is 8.90. The molecular weight excluding hydrogens is 246 g/mol. The lowest BCUT2D eigenvalue weighted by molar-refractivity contribution is -0.143. The normalized spacial score (nSPS) is 24.8. The van der Waals surface area contributed by atoms with Gasteiger partial charge in [-0.3, -0.25) is 4.79 Å². The summed E-state index contributed by atoms with van der Waals surface area (Å²) >= 11 is 0. The maximum Gasteiger partial charge on any atom is 0.407 e. The molecule has 1 fully saturated rings. The SMILES string of the molecule is CC(C)COC(=O)N[C@@H](C)C1CCC(C(=O)O)CC1. The van der Waals surface area contributed by atoms with Gasteiger partial charge in [-0.15, -0.1) is 0 Å². The number of alkyl carbamates (subject to hydrolysis) is 1. The Morgan fingerprint density at radius 3 is 2.26 bits per heavy atom. The third-order valence-electron chi connectivity index (χ3n) is 3.72. The molecule has 0 heterocycles. The fourth-order valence-electron chi connectivity index (χ4n) is 2.45. The molecule has 0 bridgehead atoms. The van der Waals surface area contributed by atoms with Crippen LogP contribution in [-0.4, -0.2) is 29.8 Å².